The molecule has 0 bridgehead atoms. The number of carbonyl (C=O) groups excluding carboxylic acids is 1. The second-order valence-corrected chi connectivity index (χ2v) is 9.50. The van der Waals surface area contributed by atoms with Gasteiger partial charge in [0.2, 0.25) is 10.0 Å². The molecule has 0 aromatic heterocycles. The van der Waals surface area contributed by atoms with Gasteiger partial charge >= 0.3 is 0 Å². The van der Waals surface area contributed by atoms with Crippen molar-refractivity contribution in [3.05, 3.63) is 101 Å². The van der Waals surface area contributed by atoms with Gasteiger partial charge in [0, 0.05) is 19.2 Å². The molecule has 0 radical (unpaired) electrons. The molecule has 0 saturated carbocycles. The normalized spacial score (nSPS) is 11.2. The van der Waals surface area contributed by atoms with E-state index in [0.717, 1.165) is 17.4 Å². The first kappa shape index (κ1) is 22.5. The largest absolute Gasteiger partial charge is 0.337 e. The Morgan fingerprint density at radius 2 is 1.35 bits per heavy atom. The van der Waals surface area contributed by atoms with Gasteiger partial charge in [-0.3, -0.25) is 9.10 Å². The predicted octanol–water partition coefficient (Wildman–Crippen LogP) is 4.37. The van der Waals surface area contributed by atoms with Gasteiger partial charge < -0.3 is 4.90 Å². The van der Waals surface area contributed by atoms with Gasteiger partial charge in [-0.2, -0.15) is 0 Å². The third-order valence-corrected chi connectivity index (χ3v) is 6.07. The maximum atomic E-state index is 13.2. The molecule has 0 N–H and O–H groups in total. The summed E-state index contributed by atoms with van der Waals surface area (Å²) in [6.45, 7) is 2.55. The average Bonchev–Trinajstić information content (AvgIpc) is 2.73. The Kier molecular flexibility index (Phi) is 6.75. The first-order chi connectivity index (χ1) is 14.6. The summed E-state index contributed by atoms with van der Waals surface area (Å²) in [6.07, 6.45) is 1.12. The van der Waals surface area contributed by atoms with Crippen molar-refractivity contribution in [2.75, 3.05) is 17.6 Å². The van der Waals surface area contributed by atoms with Crippen LogP contribution in [-0.2, 0) is 23.1 Å². The van der Waals surface area contributed by atoms with E-state index in [1.807, 2.05) is 31.2 Å². The Labute approximate surface area is 182 Å². The van der Waals surface area contributed by atoms with Crippen molar-refractivity contribution >= 4 is 21.6 Å². The molecule has 5 nitrogen and oxygen atoms in total. The molecule has 3 rings (SSSR count). The van der Waals surface area contributed by atoms with Crippen molar-refractivity contribution in [1.82, 2.24) is 4.90 Å². The molecule has 0 heterocycles. The van der Waals surface area contributed by atoms with Crippen LogP contribution >= 0.6 is 0 Å². The third-order valence-electron chi connectivity index (χ3n) is 4.93. The standard InChI is InChI=1S/C24H25FN2O3S/c1-18-4-6-19(7-5-18)16-26(2)24(28)21-10-14-23(15-11-21)27(31(3,29)30)17-20-8-12-22(25)13-9-20/h4-15H,16-17H2,1-3H3. The quantitative estimate of drug-likeness (QED) is 0.548. The van der Waals surface area contributed by atoms with Crippen LogP contribution in [0.2, 0.25) is 0 Å². The molecule has 0 aliphatic heterocycles. The summed E-state index contributed by atoms with van der Waals surface area (Å²) >= 11 is 0. The van der Waals surface area contributed by atoms with Crippen LogP contribution in [0.3, 0.4) is 0 Å². The summed E-state index contributed by atoms with van der Waals surface area (Å²) in [6, 6.07) is 20.1. The molecule has 162 valence electrons. The van der Waals surface area contributed by atoms with Gasteiger partial charge in [0.15, 0.2) is 0 Å². The van der Waals surface area contributed by atoms with Gasteiger partial charge in [0.05, 0.1) is 18.5 Å². The minimum Gasteiger partial charge on any atom is -0.337 e. The summed E-state index contributed by atoms with van der Waals surface area (Å²) in [7, 11) is -1.85. The highest BCUT2D eigenvalue weighted by Gasteiger charge is 2.19. The van der Waals surface area contributed by atoms with Crippen LogP contribution in [0.4, 0.5) is 10.1 Å². The number of hydrogen-bond acceptors (Lipinski definition) is 3. The Morgan fingerprint density at radius 3 is 1.90 bits per heavy atom. The highest BCUT2D eigenvalue weighted by Crippen LogP contribution is 2.22. The number of hydrogen-bond donors (Lipinski definition) is 0. The Hall–Kier alpha value is -3.19. The van der Waals surface area contributed by atoms with E-state index in [0.29, 0.717) is 23.4 Å². The summed E-state index contributed by atoms with van der Waals surface area (Å²) < 4.78 is 39.0. The molecular formula is C24H25FN2O3S. The second-order valence-electron chi connectivity index (χ2n) is 7.59. The molecular weight excluding hydrogens is 415 g/mol. The van der Waals surface area contributed by atoms with Crippen molar-refractivity contribution in [2.45, 2.75) is 20.0 Å². The predicted molar refractivity (Wildman–Crippen MR) is 121 cm³/mol. The van der Waals surface area contributed by atoms with Gasteiger partial charge in [-0.05, 0) is 54.4 Å². The Balaban J connectivity index is 1.76. The lowest BCUT2D eigenvalue weighted by atomic mass is 10.1. The van der Waals surface area contributed by atoms with Gasteiger partial charge in [-0.25, -0.2) is 12.8 Å². The van der Waals surface area contributed by atoms with Gasteiger partial charge in [0.25, 0.3) is 5.91 Å². The van der Waals surface area contributed by atoms with Crippen molar-refractivity contribution in [3.8, 4) is 0 Å². The number of anilines is 1. The van der Waals surface area contributed by atoms with E-state index in [1.165, 1.54) is 16.4 Å². The number of benzene rings is 3. The van der Waals surface area contributed by atoms with E-state index < -0.39 is 10.0 Å². The molecule has 1 amide bonds. The molecule has 7 heteroatoms. The van der Waals surface area contributed by atoms with E-state index in [1.54, 1.807) is 48.3 Å². The molecule has 3 aromatic carbocycles. The van der Waals surface area contributed by atoms with Gasteiger partial charge in [-0.15, -0.1) is 0 Å². The van der Waals surface area contributed by atoms with Crippen LogP contribution in [0.15, 0.2) is 72.8 Å². The average molecular weight is 441 g/mol. The van der Waals surface area contributed by atoms with Crippen LogP contribution < -0.4 is 4.31 Å². The van der Waals surface area contributed by atoms with E-state index >= 15 is 0 Å². The zero-order valence-electron chi connectivity index (χ0n) is 17.7. The zero-order chi connectivity index (χ0) is 22.6. The summed E-state index contributed by atoms with van der Waals surface area (Å²) in [4.78, 5) is 14.4. The van der Waals surface area contributed by atoms with Crippen molar-refractivity contribution in [3.63, 3.8) is 0 Å². The van der Waals surface area contributed by atoms with Gasteiger partial charge in [0.1, 0.15) is 5.82 Å². The Bertz CT molecular complexity index is 1140. The van der Waals surface area contributed by atoms with Crippen LogP contribution in [-0.4, -0.2) is 32.5 Å². The molecule has 0 saturated heterocycles. The van der Waals surface area contributed by atoms with Crippen LogP contribution in [0, 0.1) is 12.7 Å². The minimum atomic E-state index is -3.58. The maximum absolute atomic E-state index is 13.2. The van der Waals surface area contributed by atoms with Gasteiger partial charge in [-0.1, -0.05) is 42.0 Å². The molecule has 0 atom stereocenters. The summed E-state index contributed by atoms with van der Waals surface area (Å²) in [5, 5.41) is 0. The van der Waals surface area contributed by atoms with E-state index in [2.05, 4.69) is 0 Å². The SMILES string of the molecule is Cc1ccc(CN(C)C(=O)c2ccc(N(Cc3ccc(F)cc3)S(C)(=O)=O)cc2)cc1. The molecule has 0 aliphatic rings. The van der Waals surface area contributed by atoms with Crippen molar-refractivity contribution in [1.29, 1.82) is 0 Å². The third kappa shape index (κ3) is 5.92. The molecule has 0 spiro atoms. The number of sulfonamides is 1. The number of halogens is 1. The molecule has 0 fully saturated rings. The maximum Gasteiger partial charge on any atom is 0.253 e. The lowest BCUT2D eigenvalue weighted by Gasteiger charge is -2.23. The summed E-state index contributed by atoms with van der Waals surface area (Å²) in [5.41, 5.74) is 3.74. The zero-order valence-corrected chi connectivity index (χ0v) is 18.6. The number of rotatable bonds is 7. The number of aryl methyl sites for hydroxylation is 1. The highest BCUT2D eigenvalue weighted by molar-refractivity contribution is 7.92. The first-order valence-electron chi connectivity index (χ1n) is 9.77. The van der Waals surface area contributed by atoms with E-state index in [4.69, 9.17) is 0 Å². The fraction of sp³-hybridized carbons (Fsp3) is 0.208. The molecule has 3 aromatic rings. The van der Waals surface area contributed by atoms with Crippen molar-refractivity contribution in [2.24, 2.45) is 0 Å². The highest BCUT2D eigenvalue weighted by atomic mass is 32.2. The lowest BCUT2D eigenvalue weighted by molar-refractivity contribution is 0.0785. The fourth-order valence-electron chi connectivity index (χ4n) is 3.19. The lowest BCUT2D eigenvalue weighted by Crippen LogP contribution is -2.29. The topological polar surface area (TPSA) is 57.7 Å². The van der Waals surface area contributed by atoms with Crippen LogP contribution in [0.5, 0.6) is 0 Å². The van der Waals surface area contributed by atoms with Crippen LogP contribution in [0.1, 0.15) is 27.0 Å². The number of amides is 1. The molecule has 0 aliphatic carbocycles. The minimum absolute atomic E-state index is 0.0692. The van der Waals surface area contributed by atoms with Crippen LogP contribution in [0.25, 0.3) is 0 Å². The summed E-state index contributed by atoms with van der Waals surface area (Å²) in [5.74, 6) is -0.538. The molecule has 0 unspecified atom stereocenters. The van der Waals surface area contributed by atoms with Crippen molar-refractivity contribution < 1.29 is 17.6 Å². The van der Waals surface area contributed by atoms with E-state index in [9.17, 15) is 17.6 Å². The first-order valence-corrected chi connectivity index (χ1v) is 11.6. The smallest absolute Gasteiger partial charge is 0.253 e. The molecule has 31 heavy (non-hydrogen) atoms. The number of carbonyl (C=O) groups is 1. The Morgan fingerprint density at radius 1 is 0.839 bits per heavy atom. The monoisotopic (exact) mass is 440 g/mol. The second kappa shape index (κ2) is 9.31. The fourth-order valence-corrected chi connectivity index (χ4v) is 4.07. The van der Waals surface area contributed by atoms with E-state index in [-0.39, 0.29) is 18.3 Å². The number of nitrogens with zero attached hydrogens (tertiary/aromatic N) is 2.